The summed E-state index contributed by atoms with van der Waals surface area (Å²) in [5, 5.41) is 13.7. The fourth-order valence-corrected chi connectivity index (χ4v) is 4.16. The molecule has 3 N–H and O–H groups in total. The number of nitrogens with zero attached hydrogens (tertiary/aromatic N) is 3. The Hall–Kier alpha value is -4.01. The largest absolute Gasteiger partial charge is 0.323 e. The molecule has 31 heavy (non-hydrogen) atoms. The first-order valence-electron chi connectivity index (χ1n) is 10.0. The summed E-state index contributed by atoms with van der Waals surface area (Å²) in [5.74, 6) is 0.777. The smallest absolute Gasteiger partial charge is 0.317 e. The Labute approximate surface area is 175 Å². The first kappa shape index (κ1) is 17.8. The van der Waals surface area contributed by atoms with E-state index in [0.29, 0.717) is 29.4 Å². The number of fused-ring (bicyclic) bond motifs is 5. The van der Waals surface area contributed by atoms with Gasteiger partial charge in [-0.25, -0.2) is 9.18 Å². The Morgan fingerprint density at radius 3 is 2.68 bits per heavy atom. The number of carbonyl (C=O) groups is 1. The Morgan fingerprint density at radius 2 is 1.90 bits per heavy atom. The first-order chi connectivity index (χ1) is 15.1. The fourth-order valence-electron chi connectivity index (χ4n) is 4.16. The van der Waals surface area contributed by atoms with Crippen LogP contribution in [0, 0.1) is 5.82 Å². The number of aromatic nitrogens is 4. The van der Waals surface area contributed by atoms with E-state index < -0.39 is 11.8 Å². The number of H-pyrrole nitrogens is 1. The topological polar surface area (TPSA) is 104 Å². The van der Waals surface area contributed by atoms with Gasteiger partial charge in [-0.15, -0.1) is 10.2 Å². The maximum atomic E-state index is 13.3. The molecule has 0 spiro atoms. The predicted molar refractivity (Wildman–Crippen MR) is 113 cm³/mol. The molecular weight excluding hydrogens is 399 g/mol. The van der Waals surface area contributed by atoms with E-state index in [4.69, 9.17) is 0 Å². The highest BCUT2D eigenvalue weighted by Gasteiger charge is 2.32. The number of nitrogens with one attached hydrogen (secondary N) is 3. The van der Waals surface area contributed by atoms with Gasteiger partial charge >= 0.3 is 6.03 Å². The van der Waals surface area contributed by atoms with Gasteiger partial charge in [-0.3, -0.25) is 9.20 Å². The summed E-state index contributed by atoms with van der Waals surface area (Å²) in [6.45, 7) is 0. The quantitative estimate of drug-likeness (QED) is 0.418. The number of anilines is 2. The van der Waals surface area contributed by atoms with Crippen LogP contribution in [-0.2, 0) is 6.42 Å². The second-order valence-electron chi connectivity index (χ2n) is 7.91. The molecule has 1 saturated carbocycles. The van der Waals surface area contributed by atoms with E-state index in [-0.39, 0.29) is 5.56 Å². The summed E-state index contributed by atoms with van der Waals surface area (Å²) in [5.41, 5.74) is 4.65. The van der Waals surface area contributed by atoms with Gasteiger partial charge in [-0.2, -0.15) is 0 Å². The van der Waals surface area contributed by atoms with Crippen molar-refractivity contribution in [2.45, 2.75) is 25.2 Å². The van der Waals surface area contributed by atoms with Gasteiger partial charge in [0, 0.05) is 29.3 Å². The first-order valence-corrected chi connectivity index (χ1v) is 10.0. The highest BCUT2D eigenvalue weighted by Crippen LogP contribution is 2.41. The van der Waals surface area contributed by atoms with Gasteiger partial charge in [0.1, 0.15) is 11.6 Å². The zero-order chi connectivity index (χ0) is 21.1. The molecule has 2 aromatic carbocycles. The van der Waals surface area contributed by atoms with Crippen molar-refractivity contribution in [3.63, 3.8) is 0 Å². The van der Waals surface area contributed by atoms with Gasteiger partial charge in [-0.1, -0.05) is 12.1 Å². The van der Waals surface area contributed by atoms with Gasteiger partial charge in [0.2, 0.25) is 5.65 Å². The molecule has 154 valence electrons. The third-order valence-electron chi connectivity index (χ3n) is 5.70. The van der Waals surface area contributed by atoms with Crippen LogP contribution < -0.4 is 16.2 Å². The molecule has 0 unspecified atom stereocenters. The molecule has 9 heteroatoms. The van der Waals surface area contributed by atoms with Gasteiger partial charge in [0.15, 0.2) is 0 Å². The highest BCUT2D eigenvalue weighted by atomic mass is 19.1. The van der Waals surface area contributed by atoms with Crippen LogP contribution in [0.4, 0.5) is 20.6 Å². The van der Waals surface area contributed by atoms with Crippen molar-refractivity contribution in [1.82, 2.24) is 19.6 Å². The van der Waals surface area contributed by atoms with Crippen molar-refractivity contribution in [2.75, 3.05) is 10.6 Å². The van der Waals surface area contributed by atoms with E-state index >= 15 is 0 Å². The molecule has 2 heterocycles. The number of aromatic amines is 1. The van der Waals surface area contributed by atoms with Crippen molar-refractivity contribution in [2.24, 2.45) is 0 Å². The Morgan fingerprint density at radius 1 is 1.10 bits per heavy atom. The lowest BCUT2D eigenvalue weighted by atomic mass is 10.1. The molecule has 0 radical (unpaired) electrons. The molecule has 8 nitrogen and oxygen atoms in total. The highest BCUT2D eigenvalue weighted by molar-refractivity contribution is 6.00. The number of amides is 2. The van der Waals surface area contributed by atoms with Gasteiger partial charge in [0.25, 0.3) is 5.56 Å². The number of urea groups is 1. The van der Waals surface area contributed by atoms with E-state index in [9.17, 15) is 14.0 Å². The maximum Gasteiger partial charge on any atom is 0.323 e. The summed E-state index contributed by atoms with van der Waals surface area (Å²) in [4.78, 5) is 27.8. The molecule has 2 aliphatic rings. The summed E-state index contributed by atoms with van der Waals surface area (Å²) >= 11 is 0. The van der Waals surface area contributed by atoms with Crippen molar-refractivity contribution in [3.05, 3.63) is 75.7 Å². The van der Waals surface area contributed by atoms with Crippen LogP contribution in [0.1, 0.15) is 35.8 Å². The SMILES string of the molecule is O=C(Nc1cccc(F)c1)Nc1ccc2c(c1)Cc1c-2[nH]c(=O)c2nnc(C3CC3)n12. The van der Waals surface area contributed by atoms with Crippen LogP contribution in [0.2, 0.25) is 0 Å². The van der Waals surface area contributed by atoms with Crippen molar-refractivity contribution >= 4 is 23.1 Å². The van der Waals surface area contributed by atoms with Crippen molar-refractivity contribution in [1.29, 1.82) is 0 Å². The molecule has 1 fully saturated rings. The molecule has 2 amide bonds. The zero-order valence-electron chi connectivity index (χ0n) is 16.3. The number of rotatable bonds is 3. The van der Waals surface area contributed by atoms with Crippen LogP contribution in [0.3, 0.4) is 0 Å². The zero-order valence-corrected chi connectivity index (χ0v) is 16.3. The van der Waals surface area contributed by atoms with E-state index in [1.165, 1.54) is 18.2 Å². The third kappa shape index (κ3) is 2.97. The number of hydrogen-bond donors (Lipinski definition) is 3. The van der Waals surface area contributed by atoms with Crippen molar-refractivity contribution < 1.29 is 9.18 Å². The van der Waals surface area contributed by atoms with Crippen LogP contribution in [0.15, 0.2) is 47.3 Å². The van der Waals surface area contributed by atoms with E-state index in [1.807, 2.05) is 16.5 Å². The fraction of sp³-hybridized carbons (Fsp3) is 0.182. The molecule has 0 bridgehead atoms. The van der Waals surface area contributed by atoms with Crippen molar-refractivity contribution in [3.8, 4) is 11.3 Å². The normalized spacial score (nSPS) is 14.4. The van der Waals surface area contributed by atoms with E-state index in [1.54, 1.807) is 12.1 Å². The van der Waals surface area contributed by atoms with E-state index in [2.05, 4.69) is 25.8 Å². The molecule has 0 atom stereocenters. The lowest BCUT2D eigenvalue weighted by Gasteiger charge is -2.09. The minimum absolute atomic E-state index is 0.261. The molecule has 2 aromatic heterocycles. The van der Waals surface area contributed by atoms with Gasteiger partial charge in [-0.05, 0) is 48.7 Å². The van der Waals surface area contributed by atoms with Gasteiger partial charge < -0.3 is 15.6 Å². The standard InChI is InChI=1S/C22H17FN6O2/c23-13-2-1-3-14(10-13)24-22(31)25-15-6-7-16-12(8-15)9-17-18(16)26-21(30)20-28-27-19(29(17)20)11-4-5-11/h1-3,6-8,10-11H,4-5,9H2,(H,26,30)(H2,24,25,31). The summed E-state index contributed by atoms with van der Waals surface area (Å²) in [7, 11) is 0. The summed E-state index contributed by atoms with van der Waals surface area (Å²) in [6, 6.07) is 10.8. The number of carbonyl (C=O) groups excluding carboxylic acids is 1. The Balaban J connectivity index is 1.31. The molecule has 4 aromatic rings. The molecule has 6 rings (SSSR count). The van der Waals surface area contributed by atoms with Crippen LogP contribution in [0.5, 0.6) is 0 Å². The Kier molecular flexibility index (Phi) is 3.73. The number of hydrogen-bond acceptors (Lipinski definition) is 4. The monoisotopic (exact) mass is 416 g/mol. The summed E-state index contributed by atoms with van der Waals surface area (Å²) < 4.78 is 15.2. The Bertz CT molecular complexity index is 1440. The molecular formula is C22H17FN6O2. The van der Waals surface area contributed by atoms with Crippen LogP contribution in [-0.4, -0.2) is 25.6 Å². The second kappa shape index (κ2) is 6.49. The molecule has 0 saturated heterocycles. The maximum absolute atomic E-state index is 13.3. The average Bonchev–Trinajstić information content (AvgIpc) is 3.37. The average molecular weight is 416 g/mol. The van der Waals surface area contributed by atoms with Crippen LogP contribution >= 0.6 is 0 Å². The minimum atomic E-state index is -0.466. The third-order valence-corrected chi connectivity index (χ3v) is 5.70. The predicted octanol–water partition coefficient (Wildman–Crippen LogP) is 3.65. The lowest BCUT2D eigenvalue weighted by molar-refractivity contribution is 0.262. The van der Waals surface area contributed by atoms with E-state index in [0.717, 1.165) is 41.2 Å². The van der Waals surface area contributed by atoms with Crippen LogP contribution in [0.25, 0.3) is 16.9 Å². The summed E-state index contributed by atoms with van der Waals surface area (Å²) in [6.07, 6.45) is 2.71. The molecule has 0 aliphatic heterocycles. The van der Waals surface area contributed by atoms with Gasteiger partial charge in [0.05, 0.1) is 11.4 Å². The second-order valence-corrected chi connectivity index (χ2v) is 7.91. The molecule has 2 aliphatic carbocycles. The number of benzene rings is 2. The number of halogens is 1. The minimum Gasteiger partial charge on any atom is -0.317 e. The lowest BCUT2D eigenvalue weighted by Crippen LogP contribution is -2.19.